The van der Waals surface area contributed by atoms with Gasteiger partial charge in [0.15, 0.2) is 5.78 Å². The lowest BCUT2D eigenvalue weighted by atomic mass is 9.74. The summed E-state index contributed by atoms with van der Waals surface area (Å²) in [6.45, 7) is 2.94. The number of rotatable bonds is 1. The summed E-state index contributed by atoms with van der Waals surface area (Å²) in [7, 11) is 1.68. The number of nitrogens with zero attached hydrogens (tertiary/aromatic N) is 2. The third kappa shape index (κ3) is 2.61. The fourth-order valence-electron chi connectivity index (χ4n) is 4.53. The van der Waals surface area contributed by atoms with Crippen molar-refractivity contribution in [3.63, 3.8) is 0 Å². The number of oxime groups is 1. The van der Waals surface area contributed by atoms with Crippen molar-refractivity contribution in [3.8, 4) is 5.75 Å². The summed E-state index contributed by atoms with van der Waals surface area (Å²) in [5.41, 5.74) is 4.83. The number of carbonyl (C=O) groups is 1. The fourth-order valence-corrected chi connectivity index (χ4v) is 4.53. The second-order valence-electron chi connectivity index (χ2n) is 6.83. The van der Waals surface area contributed by atoms with Crippen LogP contribution in [0.1, 0.15) is 43.4 Å². The van der Waals surface area contributed by atoms with Gasteiger partial charge in [-0.2, -0.15) is 0 Å². The van der Waals surface area contributed by atoms with E-state index in [-0.39, 0.29) is 30.2 Å². The van der Waals surface area contributed by atoms with Crippen LogP contribution in [0.2, 0.25) is 0 Å². The van der Waals surface area contributed by atoms with Gasteiger partial charge in [0.2, 0.25) is 0 Å². The molecule has 1 aromatic carbocycles. The Labute approximate surface area is 153 Å². The molecule has 0 radical (unpaired) electrons. The zero-order valence-corrected chi connectivity index (χ0v) is 15.3. The first-order valence-electron chi connectivity index (χ1n) is 8.57. The average Bonchev–Trinajstić information content (AvgIpc) is 2.61. The molecule has 1 N–H and O–H groups in total. The van der Waals surface area contributed by atoms with E-state index in [4.69, 9.17) is 4.74 Å². The Kier molecular flexibility index (Phi) is 4.78. The normalized spacial score (nSPS) is 26.6. The number of hydrogen-bond acceptors (Lipinski definition) is 5. The maximum absolute atomic E-state index is 12.5. The molecule has 0 amide bonds. The van der Waals surface area contributed by atoms with Crippen molar-refractivity contribution in [1.82, 2.24) is 4.90 Å². The van der Waals surface area contributed by atoms with E-state index in [0.29, 0.717) is 17.7 Å². The SMILES string of the molecule is COc1ccc2c(c1)CCN1C3=C(C(=O)CCC3)C(=NO)[C@H](C)C21.Cl. The molecule has 1 aromatic rings. The number of methoxy groups -OCH3 is 1. The Bertz CT molecular complexity index is 772. The molecule has 5 nitrogen and oxygen atoms in total. The van der Waals surface area contributed by atoms with Crippen LogP contribution < -0.4 is 4.74 Å². The van der Waals surface area contributed by atoms with E-state index in [1.807, 2.05) is 6.07 Å². The minimum absolute atomic E-state index is 0. The van der Waals surface area contributed by atoms with Gasteiger partial charge >= 0.3 is 0 Å². The molecule has 1 aliphatic carbocycles. The summed E-state index contributed by atoms with van der Waals surface area (Å²) in [6.07, 6.45) is 3.25. The first kappa shape index (κ1) is 17.8. The number of halogens is 1. The summed E-state index contributed by atoms with van der Waals surface area (Å²) in [6, 6.07) is 6.33. The molecule has 2 atom stereocenters. The Morgan fingerprint density at radius 3 is 2.80 bits per heavy atom. The number of benzene rings is 1. The second kappa shape index (κ2) is 6.71. The van der Waals surface area contributed by atoms with Crippen LogP contribution in [0, 0.1) is 5.92 Å². The van der Waals surface area contributed by atoms with Crippen LogP contribution in [0.5, 0.6) is 5.75 Å². The van der Waals surface area contributed by atoms with Gasteiger partial charge in [-0.3, -0.25) is 4.79 Å². The lowest BCUT2D eigenvalue weighted by Crippen LogP contribution is -2.47. The zero-order chi connectivity index (χ0) is 16.8. The van der Waals surface area contributed by atoms with Gasteiger partial charge in [0, 0.05) is 24.6 Å². The van der Waals surface area contributed by atoms with Crippen molar-refractivity contribution in [2.75, 3.05) is 13.7 Å². The molecule has 134 valence electrons. The summed E-state index contributed by atoms with van der Waals surface area (Å²) in [4.78, 5) is 14.8. The topological polar surface area (TPSA) is 62.1 Å². The minimum Gasteiger partial charge on any atom is -0.497 e. The maximum atomic E-state index is 12.5. The van der Waals surface area contributed by atoms with E-state index >= 15 is 0 Å². The summed E-state index contributed by atoms with van der Waals surface area (Å²) >= 11 is 0. The van der Waals surface area contributed by atoms with E-state index in [2.05, 4.69) is 29.1 Å². The van der Waals surface area contributed by atoms with Crippen LogP contribution in [0.25, 0.3) is 0 Å². The molecule has 25 heavy (non-hydrogen) atoms. The van der Waals surface area contributed by atoms with Crippen LogP contribution in [0.4, 0.5) is 0 Å². The molecule has 0 aromatic heterocycles. The highest BCUT2D eigenvalue weighted by Crippen LogP contribution is 2.46. The molecule has 0 spiro atoms. The van der Waals surface area contributed by atoms with Gasteiger partial charge in [0.05, 0.1) is 24.4 Å². The molecule has 4 rings (SSSR count). The van der Waals surface area contributed by atoms with Crippen molar-refractivity contribution >= 4 is 23.9 Å². The third-order valence-corrected chi connectivity index (χ3v) is 5.63. The van der Waals surface area contributed by atoms with Crippen LogP contribution in [-0.4, -0.2) is 35.3 Å². The molecular weight excluding hydrogens is 340 g/mol. The average molecular weight is 363 g/mol. The molecule has 1 unspecified atom stereocenters. The number of fused-ring (bicyclic) bond motifs is 4. The van der Waals surface area contributed by atoms with Gasteiger partial charge in [-0.25, -0.2) is 0 Å². The monoisotopic (exact) mass is 362 g/mol. The first-order chi connectivity index (χ1) is 11.7. The van der Waals surface area contributed by atoms with Crippen LogP contribution >= 0.6 is 12.4 Å². The fraction of sp³-hybridized carbons (Fsp3) is 0.474. The molecule has 0 saturated carbocycles. The lowest BCUT2D eigenvalue weighted by Gasteiger charge is -2.48. The van der Waals surface area contributed by atoms with E-state index in [1.54, 1.807) is 7.11 Å². The van der Waals surface area contributed by atoms with Crippen LogP contribution in [0.15, 0.2) is 34.6 Å². The van der Waals surface area contributed by atoms with Gasteiger partial charge in [0.1, 0.15) is 5.75 Å². The Morgan fingerprint density at radius 1 is 1.28 bits per heavy atom. The smallest absolute Gasteiger partial charge is 0.166 e. The highest BCUT2D eigenvalue weighted by Gasteiger charge is 2.44. The third-order valence-electron chi connectivity index (χ3n) is 5.63. The van der Waals surface area contributed by atoms with Gasteiger partial charge < -0.3 is 14.8 Å². The van der Waals surface area contributed by atoms with Crippen molar-refractivity contribution in [3.05, 3.63) is 40.6 Å². The molecule has 6 heteroatoms. The van der Waals surface area contributed by atoms with Gasteiger partial charge in [-0.05, 0) is 42.5 Å². The molecule has 0 fully saturated rings. The lowest BCUT2D eigenvalue weighted by molar-refractivity contribution is -0.116. The largest absolute Gasteiger partial charge is 0.497 e. The Hall–Kier alpha value is -2.01. The number of Topliss-reactive ketones (excluding diaryl/α,β-unsaturated/α-hetero) is 1. The van der Waals surface area contributed by atoms with Gasteiger partial charge in [-0.1, -0.05) is 18.1 Å². The van der Waals surface area contributed by atoms with E-state index in [9.17, 15) is 10.0 Å². The predicted molar refractivity (Wildman–Crippen MR) is 97.7 cm³/mol. The summed E-state index contributed by atoms with van der Waals surface area (Å²) in [5, 5.41) is 13.1. The minimum atomic E-state index is -0.0248. The van der Waals surface area contributed by atoms with Crippen molar-refractivity contribution in [2.45, 2.75) is 38.6 Å². The van der Waals surface area contributed by atoms with Gasteiger partial charge in [-0.15, -0.1) is 12.4 Å². The van der Waals surface area contributed by atoms with Crippen molar-refractivity contribution in [2.24, 2.45) is 11.1 Å². The van der Waals surface area contributed by atoms with Crippen LogP contribution in [-0.2, 0) is 11.2 Å². The Balaban J connectivity index is 0.00000182. The molecule has 0 bridgehead atoms. The molecule has 2 aliphatic heterocycles. The molecular formula is C19H23ClN2O3. The standard InChI is InChI=1S/C19H22N2O3.ClH/c1-11-18(20-23)17-15(4-3-5-16(17)22)21-9-8-12-10-13(24-2)6-7-14(12)19(11)21;/h6-7,10-11,19,23H,3-5,8-9H2,1-2H3;1H/t11-,19?;/m0./s1. The molecule has 0 saturated heterocycles. The van der Waals surface area contributed by atoms with E-state index < -0.39 is 0 Å². The van der Waals surface area contributed by atoms with Crippen LogP contribution in [0.3, 0.4) is 0 Å². The number of carbonyl (C=O) groups excluding carboxylic acids is 1. The second-order valence-corrected chi connectivity index (χ2v) is 6.83. The Morgan fingerprint density at radius 2 is 2.08 bits per heavy atom. The molecule has 2 heterocycles. The highest BCUT2D eigenvalue weighted by atomic mass is 35.5. The predicted octanol–water partition coefficient (Wildman–Crippen LogP) is 3.50. The summed E-state index contributed by atoms with van der Waals surface area (Å²) < 4.78 is 5.35. The maximum Gasteiger partial charge on any atom is 0.166 e. The first-order valence-corrected chi connectivity index (χ1v) is 8.57. The van der Waals surface area contributed by atoms with E-state index in [1.165, 1.54) is 11.1 Å². The van der Waals surface area contributed by atoms with E-state index in [0.717, 1.165) is 37.3 Å². The number of ether oxygens (including phenoxy) is 1. The number of hydrogen-bond donors (Lipinski definition) is 1. The van der Waals surface area contributed by atoms with Crippen molar-refractivity contribution in [1.29, 1.82) is 0 Å². The number of ketones is 1. The highest BCUT2D eigenvalue weighted by molar-refractivity contribution is 6.24. The summed E-state index contributed by atoms with van der Waals surface area (Å²) in [5.74, 6) is 0.965. The van der Waals surface area contributed by atoms with Gasteiger partial charge in [0.25, 0.3) is 0 Å². The van der Waals surface area contributed by atoms with Crippen molar-refractivity contribution < 1.29 is 14.7 Å². The quantitative estimate of drug-likeness (QED) is 0.613. The number of allylic oxidation sites excluding steroid dienone is 2. The molecule has 3 aliphatic rings. The zero-order valence-electron chi connectivity index (χ0n) is 14.5.